The molecule has 0 aromatic heterocycles. The summed E-state index contributed by atoms with van der Waals surface area (Å²) in [6.07, 6.45) is 8.37. The lowest BCUT2D eigenvalue weighted by Crippen LogP contribution is -2.03. The van der Waals surface area contributed by atoms with Gasteiger partial charge in [0, 0.05) is 4.57 Å². The van der Waals surface area contributed by atoms with Gasteiger partial charge in [-0.2, -0.15) is 0 Å². The van der Waals surface area contributed by atoms with Crippen molar-refractivity contribution in [1.29, 1.82) is 0 Å². The van der Waals surface area contributed by atoms with Gasteiger partial charge in [-0.15, -0.1) is 4.89 Å². The molecule has 2 atom stereocenters. The standard InChI is InChI=1S/C15H25O4P/c1-12(2)7-5-8-13(3)9-6-10-14(4)11-15(16)19-20(17)18/h7,9,11,15-16H,5-6,8,10H2,1-4H3/p+1/b13-9+,14-11+. The molecule has 0 rings (SSSR count). The lowest BCUT2D eigenvalue weighted by atomic mass is 10.1. The van der Waals surface area contributed by atoms with E-state index in [2.05, 4.69) is 37.4 Å². The highest BCUT2D eigenvalue weighted by molar-refractivity contribution is 7.32. The Kier molecular flexibility index (Phi) is 10.5. The Morgan fingerprint density at radius 3 is 2.20 bits per heavy atom. The maximum Gasteiger partial charge on any atom is 0.697 e. The van der Waals surface area contributed by atoms with Gasteiger partial charge in [-0.3, -0.25) is 0 Å². The van der Waals surface area contributed by atoms with Crippen LogP contribution in [0.2, 0.25) is 0 Å². The first-order valence-corrected chi connectivity index (χ1v) is 7.91. The van der Waals surface area contributed by atoms with Crippen molar-refractivity contribution in [2.24, 2.45) is 0 Å². The molecule has 0 saturated carbocycles. The minimum absolute atomic E-state index is 0.794. The predicted molar refractivity (Wildman–Crippen MR) is 82.3 cm³/mol. The van der Waals surface area contributed by atoms with Crippen LogP contribution in [0.3, 0.4) is 0 Å². The lowest BCUT2D eigenvalue weighted by Gasteiger charge is -2.02. The van der Waals surface area contributed by atoms with Crippen LogP contribution >= 0.6 is 8.25 Å². The minimum atomic E-state index is -2.77. The van der Waals surface area contributed by atoms with Crippen molar-refractivity contribution < 1.29 is 19.1 Å². The topological polar surface area (TPSA) is 66.8 Å². The van der Waals surface area contributed by atoms with Crippen LogP contribution < -0.4 is 0 Å². The highest BCUT2D eigenvalue weighted by Crippen LogP contribution is 2.19. The zero-order valence-corrected chi connectivity index (χ0v) is 13.7. The molecule has 4 nitrogen and oxygen atoms in total. The second-order valence-electron chi connectivity index (χ2n) is 5.16. The Labute approximate surface area is 122 Å². The highest BCUT2D eigenvalue weighted by atomic mass is 31.1. The Morgan fingerprint density at radius 2 is 1.65 bits per heavy atom. The maximum atomic E-state index is 10.4. The van der Waals surface area contributed by atoms with E-state index in [1.807, 2.05) is 6.92 Å². The molecule has 2 unspecified atom stereocenters. The molecule has 0 aliphatic heterocycles. The number of rotatable bonds is 9. The number of allylic oxidation sites excluding steroid dienone is 5. The van der Waals surface area contributed by atoms with E-state index in [9.17, 15) is 9.67 Å². The van der Waals surface area contributed by atoms with E-state index in [0.717, 1.165) is 31.3 Å². The number of aliphatic hydroxyl groups excluding tert-OH is 1. The van der Waals surface area contributed by atoms with Crippen LogP contribution in [-0.2, 0) is 9.09 Å². The summed E-state index contributed by atoms with van der Waals surface area (Å²) < 4.78 is 14.7. The third-order valence-electron chi connectivity index (χ3n) is 2.75. The molecule has 5 heteroatoms. The van der Waals surface area contributed by atoms with Crippen LogP contribution in [0, 0.1) is 0 Å². The normalized spacial score (nSPS) is 15.0. The molecule has 0 aliphatic rings. The Hall–Kier alpha value is -0.800. The average Bonchev–Trinajstić information content (AvgIpc) is 2.26. The minimum Gasteiger partial charge on any atom is -0.361 e. The van der Waals surface area contributed by atoms with Crippen molar-refractivity contribution in [1.82, 2.24) is 0 Å². The Balaban J connectivity index is 4.05. The molecule has 0 amide bonds. The Bertz CT molecular complexity index is 393. The quantitative estimate of drug-likeness (QED) is 0.376. The molecular weight excluding hydrogens is 275 g/mol. The van der Waals surface area contributed by atoms with Gasteiger partial charge in [0.2, 0.25) is 6.29 Å². The lowest BCUT2D eigenvalue weighted by molar-refractivity contribution is 0.0221. The van der Waals surface area contributed by atoms with Crippen LogP contribution in [0.15, 0.2) is 34.9 Å². The summed E-state index contributed by atoms with van der Waals surface area (Å²) in [7, 11) is -2.77. The zero-order chi connectivity index (χ0) is 15.5. The SMILES string of the molecule is CC(C)=CCC/C(C)=C/CC/C(C)=C/C(O)O[P+](=O)O. The van der Waals surface area contributed by atoms with Gasteiger partial charge in [-0.05, 0) is 59.5 Å². The van der Waals surface area contributed by atoms with E-state index in [4.69, 9.17) is 4.89 Å². The second kappa shape index (κ2) is 10.9. The fourth-order valence-corrected chi connectivity index (χ4v) is 1.93. The molecule has 0 aromatic carbocycles. The molecule has 114 valence electrons. The summed E-state index contributed by atoms with van der Waals surface area (Å²) >= 11 is 0. The van der Waals surface area contributed by atoms with Crippen molar-refractivity contribution in [3.63, 3.8) is 0 Å². The van der Waals surface area contributed by atoms with Gasteiger partial charge in [0.1, 0.15) is 0 Å². The summed E-state index contributed by atoms with van der Waals surface area (Å²) in [6.45, 7) is 8.18. The maximum absolute atomic E-state index is 10.4. The zero-order valence-electron chi connectivity index (χ0n) is 12.8. The van der Waals surface area contributed by atoms with E-state index in [0.29, 0.717) is 0 Å². The predicted octanol–water partition coefficient (Wildman–Crippen LogP) is 4.39. The molecular formula is C15H26O4P+. The first-order valence-electron chi connectivity index (χ1n) is 6.78. The first-order chi connectivity index (χ1) is 9.31. The molecule has 0 aromatic rings. The molecule has 2 N–H and O–H groups in total. The molecule has 0 heterocycles. The smallest absolute Gasteiger partial charge is 0.361 e. The molecule has 0 radical (unpaired) electrons. The molecule has 20 heavy (non-hydrogen) atoms. The van der Waals surface area contributed by atoms with Gasteiger partial charge in [0.15, 0.2) is 0 Å². The van der Waals surface area contributed by atoms with Crippen molar-refractivity contribution >= 4 is 8.25 Å². The van der Waals surface area contributed by atoms with E-state index in [1.54, 1.807) is 0 Å². The van der Waals surface area contributed by atoms with E-state index in [-0.39, 0.29) is 0 Å². The largest absolute Gasteiger partial charge is 0.697 e. The van der Waals surface area contributed by atoms with Crippen molar-refractivity contribution in [3.8, 4) is 0 Å². The van der Waals surface area contributed by atoms with Gasteiger partial charge < -0.3 is 5.11 Å². The fourth-order valence-electron chi connectivity index (χ4n) is 1.69. The molecule has 0 fully saturated rings. The fraction of sp³-hybridized carbons (Fsp3) is 0.600. The van der Waals surface area contributed by atoms with Crippen molar-refractivity contribution in [2.75, 3.05) is 0 Å². The third kappa shape index (κ3) is 12.2. The molecule has 0 bridgehead atoms. The summed E-state index contributed by atoms with van der Waals surface area (Å²) in [6, 6.07) is 0. The molecule has 0 aliphatic carbocycles. The number of aliphatic hydroxyl groups is 1. The second-order valence-corrected chi connectivity index (χ2v) is 5.84. The monoisotopic (exact) mass is 301 g/mol. The number of hydrogen-bond acceptors (Lipinski definition) is 3. The van der Waals surface area contributed by atoms with Crippen LogP contribution in [0.1, 0.15) is 53.4 Å². The van der Waals surface area contributed by atoms with Gasteiger partial charge in [-0.1, -0.05) is 33.4 Å². The van der Waals surface area contributed by atoms with Crippen LogP contribution in [-0.4, -0.2) is 16.3 Å². The van der Waals surface area contributed by atoms with E-state index in [1.165, 1.54) is 17.2 Å². The van der Waals surface area contributed by atoms with E-state index >= 15 is 0 Å². The first kappa shape index (κ1) is 19.2. The average molecular weight is 301 g/mol. The van der Waals surface area contributed by atoms with Crippen LogP contribution in [0.25, 0.3) is 0 Å². The summed E-state index contributed by atoms with van der Waals surface area (Å²) in [5.74, 6) is 0. The van der Waals surface area contributed by atoms with E-state index < -0.39 is 14.5 Å². The summed E-state index contributed by atoms with van der Waals surface area (Å²) in [4.78, 5) is 8.49. The number of hydrogen-bond donors (Lipinski definition) is 2. The third-order valence-corrected chi connectivity index (χ3v) is 3.14. The van der Waals surface area contributed by atoms with Crippen molar-refractivity contribution in [3.05, 3.63) is 34.9 Å². The summed E-state index contributed by atoms with van der Waals surface area (Å²) in [5.41, 5.74) is 3.63. The molecule has 0 spiro atoms. The highest BCUT2D eigenvalue weighted by Gasteiger charge is 2.18. The van der Waals surface area contributed by atoms with Crippen molar-refractivity contribution in [2.45, 2.75) is 59.7 Å². The Morgan fingerprint density at radius 1 is 1.10 bits per heavy atom. The van der Waals surface area contributed by atoms with Crippen LogP contribution in [0.5, 0.6) is 0 Å². The summed E-state index contributed by atoms with van der Waals surface area (Å²) in [5, 5.41) is 9.30. The van der Waals surface area contributed by atoms with Crippen LogP contribution in [0.4, 0.5) is 0 Å². The van der Waals surface area contributed by atoms with Gasteiger partial charge >= 0.3 is 8.25 Å². The van der Waals surface area contributed by atoms with Gasteiger partial charge in [-0.25, -0.2) is 0 Å². The van der Waals surface area contributed by atoms with Gasteiger partial charge in [0.05, 0.1) is 0 Å². The molecule has 0 saturated heterocycles. The van der Waals surface area contributed by atoms with Gasteiger partial charge in [0.25, 0.3) is 0 Å².